The number of hydrogen-bond donors (Lipinski definition) is 1. The van der Waals surface area contributed by atoms with Gasteiger partial charge < -0.3 is 9.30 Å². The zero-order chi connectivity index (χ0) is 21.2. The Kier molecular flexibility index (Phi) is 6.04. The van der Waals surface area contributed by atoms with E-state index in [0.29, 0.717) is 11.6 Å². The summed E-state index contributed by atoms with van der Waals surface area (Å²) in [6.07, 6.45) is 3.64. The van der Waals surface area contributed by atoms with Gasteiger partial charge in [-0.05, 0) is 51.0 Å². The minimum absolute atomic E-state index is 0.0581. The van der Waals surface area contributed by atoms with Crippen LogP contribution in [0.15, 0.2) is 47.9 Å². The zero-order valence-corrected chi connectivity index (χ0v) is 17.3. The van der Waals surface area contributed by atoms with E-state index in [2.05, 4.69) is 15.9 Å². The van der Waals surface area contributed by atoms with Crippen LogP contribution in [0.3, 0.4) is 0 Å². The predicted octanol–water partition coefficient (Wildman–Crippen LogP) is 2.94. The molecule has 1 aromatic heterocycles. The average molecular weight is 416 g/mol. The first-order valence-electron chi connectivity index (χ1n) is 9.34. The van der Waals surface area contributed by atoms with Crippen molar-refractivity contribution in [3.05, 3.63) is 65.5 Å². The van der Waals surface area contributed by atoms with Crippen LogP contribution in [0.2, 0.25) is 0 Å². The van der Waals surface area contributed by atoms with E-state index in [-0.39, 0.29) is 22.8 Å². The fourth-order valence-corrected chi connectivity index (χ4v) is 4.33. The molecule has 1 saturated carbocycles. The van der Waals surface area contributed by atoms with Gasteiger partial charge in [-0.1, -0.05) is 12.1 Å². The minimum atomic E-state index is -3.76. The van der Waals surface area contributed by atoms with E-state index in [1.807, 2.05) is 19.9 Å². The maximum atomic E-state index is 12.5. The number of aryl methyl sites for hydroxylation is 1. The van der Waals surface area contributed by atoms with Crippen molar-refractivity contribution in [2.75, 3.05) is 13.2 Å². The third kappa shape index (κ3) is 4.65. The molecule has 8 heteroatoms. The van der Waals surface area contributed by atoms with E-state index in [1.54, 1.807) is 0 Å². The number of carbonyl (C=O) groups is 2. The third-order valence-corrected chi connectivity index (χ3v) is 6.25. The molecule has 1 N–H and O–H groups in total. The fraction of sp³-hybridized carbons (Fsp3) is 0.333. The summed E-state index contributed by atoms with van der Waals surface area (Å²) in [6, 6.07) is 7.76. The van der Waals surface area contributed by atoms with E-state index in [9.17, 15) is 18.0 Å². The topological polar surface area (TPSA) is 94.5 Å². The highest BCUT2D eigenvalue weighted by atomic mass is 32.2. The number of sulfonamides is 1. The lowest BCUT2D eigenvalue weighted by molar-refractivity contribution is 0.0474. The number of benzene rings is 1. The number of esters is 1. The molecule has 0 saturated heterocycles. The summed E-state index contributed by atoms with van der Waals surface area (Å²) in [5, 5.41) is 0. The number of nitrogens with zero attached hydrogens (tertiary/aromatic N) is 1. The van der Waals surface area contributed by atoms with E-state index < -0.39 is 22.6 Å². The second-order valence-electron chi connectivity index (χ2n) is 7.05. The lowest BCUT2D eigenvalue weighted by Crippen LogP contribution is -2.24. The highest BCUT2D eigenvalue weighted by Gasteiger charge is 2.28. The maximum Gasteiger partial charge on any atom is 0.338 e. The van der Waals surface area contributed by atoms with E-state index in [0.717, 1.165) is 24.2 Å². The van der Waals surface area contributed by atoms with Gasteiger partial charge in [0.15, 0.2) is 6.61 Å². The summed E-state index contributed by atoms with van der Waals surface area (Å²) in [6.45, 7) is 6.98. The van der Waals surface area contributed by atoms with E-state index >= 15 is 0 Å². The van der Waals surface area contributed by atoms with Crippen molar-refractivity contribution in [1.29, 1.82) is 0 Å². The average Bonchev–Trinajstić information content (AvgIpc) is 3.48. The number of ether oxygens (including phenoxy) is 1. The van der Waals surface area contributed by atoms with Crippen molar-refractivity contribution in [3.8, 4) is 0 Å². The first-order valence-corrected chi connectivity index (χ1v) is 10.8. The van der Waals surface area contributed by atoms with Gasteiger partial charge in [-0.25, -0.2) is 17.9 Å². The van der Waals surface area contributed by atoms with E-state index in [1.165, 1.54) is 30.3 Å². The van der Waals surface area contributed by atoms with Crippen molar-refractivity contribution in [2.45, 2.75) is 37.6 Å². The lowest BCUT2D eigenvalue weighted by atomic mass is 10.1. The molecule has 1 aliphatic carbocycles. The molecule has 0 radical (unpaired) electrons. The van der Waals surface area contributed by atoms with Gasteiger partial charge in [0.2, 0.25) is 15.8 Å². The molecule has 1 fully saturated rings. The van der Waals surface area contributed by atoms with Crippen LogP contribution in [-0.2, 0) is 14.8 Å². The Labute approximate surface area is 170 Å². The van der Waals surface area contributed by atoms with Gasteiger partial charge in [0.05, 0.1) is 10.5 Å². The van der Waals surface area contributed by atoms with Crippen LogP contribution in [0.5, 0.6) is 0 Å². The molecule has 29 heavy (non-hydrogen) atoms. The summed E-state index contributed by atoms with van der Waals surface area (Å²) in [5.74, 6) is -1.04. The molecule has 2 aromatic rings. The molecule has 1 aromatic carbocycles. The Bertz CT molecular complexity index is 1060. The summed E-state index contributed by atoms with van der Waals surface area (Å²) in [4.78, 5) is 24.8. The molecular formula is C21H24N2O5S. The van der Waals surface area contributed by atoms with Crippen LogP contribution in [0, 0.1) is 13.8 Å². The molecule has 0 unspecified atom stereocenters. The SMILES string of the molecule is C=CCNS(=O)(=O)c1cccc(C(=O)OCC(=O)c2cc(C)n(C3CC3)c2C)c1. The molecule has 0 amide bonds. The number of rotatable bonds is 9. The quantitative estimate of drug-likeness (QED) is 0.385. The number of Topliss-reactive ketones (excluding diaryl/α,β-unsaturated/α-hetero) is 1. The molecule has 0 aliphatic heterocycles. The molecule has 1 heterocycles. The molecular weight excluding hydrogens is 392 g/mol. The van der Waals surface area contributed by atoms with Gasteiger partial charge in [0.1, 0.15) is 0 Å². The summed E-state index contributed by atoms with van der Waals surface area (Å²) >= 11 is 0. The standard InChI is InChI=1S/C21H24N2O5S/c1-4-10-22-29(26,27)18-7-5-6-16(12-18)21(25)28-13-20(24)19-11-14(2)23(15(19)3)17-8-9-17/h4-7,11-12,17,22H,1,8-10,13H2,2-3H3. The van der Waals surface area contributed by atoms with Crippen LogP contribution in [0.4, 0.5) is 0 Å². The number of hydrogen-bond acceptors (Lipinski definition) is 5. The second-order valence-corrected chi connectivity index (χ2v) is 8.82. The molecule has 0 spiro atoms. The molecule has 0 bridgehead atoms. The predicted molar refractivity (Wildman–Crippen MR) is 109 cm³/mol. The van der Waals surface area contributed by atoms with Crippen LogP contribution in [0.1, 0.15) is 51.0 Å². The number of carbonyl (C=O) groups excluding carboxylic acids is 2. The van der Waals surface area contributed by atoms with Crippen LogP contribution in [-0.4, -0.2) is 37.9 Å². The van der Waals surface area contributed by atoms with Crippen LogP contribution >= 0.6 is 0 Å². The zero-order valence-electron chi connectivity index (χ0n) is 16.5. The Morgan fingerprint density at radius 1 is 1.28 bits per heavy atom. The number of nitrogens with one attached hydrogen (secondary N) is 1. The molecule has 3 rings (SSSR count). The van der Waals surface area contributed by atoms with Gasteiger partial charge in [-0.2, -0.15) is 0 Å². The summed E-state index contributed by atoms with van der Waals surface area (Å²) in [7, 11) is -3.76. The normalized spacial score (nSPS) is 13.9. The fourth-order valence-electron chi connectivity index (χ4n) is 3.29. The van der Waals surface area contributed by atoms with Crippen LogP contribution in [0.25, 0.3) is 0 Å². The Balaban J connectivity index is 1.68. The largest absolute Gasteiger partial charge is 0.454 e. The minimum Gasteiger partial charge on any atom is -0.454 e. The third-order valence-electron chi connectivity index (χ3n) is 4.83. The van der Waals surface area contributed by atoms with E-state index in [4.69, 9.17) is 4.74 Å². The summed E-state index contributed by atoms with van der Waals surface area (Å²) < 4.78 is 34.0. The molecule has 154 valence electrons. The first kappa shape index (κ1) is 21.0. The molecule has 1 aliphatic rings. The first-order chi connectivity index (χ1) is 13.7. The number of aromatic nitrogens is 1. The summed E-state index contributed by atoms with van der Waals surface area (Å²) in [5.41, 5.74) is 2.51. The lowest BCUT2D eigenvalue weighted by Gasteiger charge is -2.09. The Hall–Kier alpha value is -2.71. The van der Waals surface area contributed by atoms with Crippen molar-refractivity contribution < 1.29 is 22.7 Å². The second kappa shape index (κ2) is 8.34. The Morgan fingerprint density at radius 3 is 2.66 bits per heavy atom. The number of ketones is 1. The van der Waals surface area contributed by atoms with Crippen molar-refractivity contribution in [3.63, 3.8) is 0 Å². The maximum absolute atomic E-state index is 12.5. The highest BCUT2D eigenvalue weighted by Crippen LogP contribution is 2.38. The van der Waals surface area contributed by atoms with Crippen LogP contribution < -0.4 is 4.72 Å². The highest BCUT2D eigenvalue weighted by molar-refractivity contribution is 7.89. The Morgan fingerprint density at radius 2 is 2.00 bits per heavy atom. The van der Waals surface area contributed by atoms with Crippen molar-refractivity contribution in [1.82, 2.24) is 9.29 Å². The van der Waals surface area contributed by atoms with Crippen molar-refractivity contribution >= 4 is 21.8 Å². The smallest absolute Gasteiger partial charge is 0.338 e. The monoisotopic (exact) mass is 416 g/mol. The van der Waals surface area contributed by atoms with Gasteiger partial charge in [-0.15, -0.1) is 6.58 Å². The van der Waals surface area contributed by atoms with Gasteiger partial charge in [0, 0.05) is 29.5 Å². The van der Waals surface area contributed by atoms with Gasteiger partial charge in [0.25, 0.3) is 0 Å². The molecule has 0 atom stereocenters. The van der Waals surface area contributed by atoms with Gasteiger partial charge in [-0.3, -0.25) is 4.79 Å². The molecule has 7 nitrogen and oxygen atoms in total. The van der Waals surface area contributed by atoms with Crippen molar-refractivity contribution in [2.24, 2.45) is 0 Å². The van der Waals surface area contributed by atoms with Gasteiger partial charge >= 0.3 is 5.97 Å².